The maximum atomic E-state index is 12.6. The zero-order valence-corrected chi connectivity index (χ0v) is 13.6. The van der Waals surface area contributed by atoms with Gasteiger partial charge in [-0.2, -0.15) is 0 Å². The molecule has 1 heterocycles. The van der Waals surface area contributed by atoms with Crippen LogP contribution in [0.15, 0.2) is 23.1 Å². The van der Waals surface area contributed by atoms with Crippen LogP contribution in [0.4, 0.5) is 0 Å². The highest BCUT2D eigenvalue weighted by atomic mass is 35.5. The van der Waals surface area contributed by atoms with Gasteiger partial charge < -0.3 is 4.90 Å². The van der Waals surface area contributed by atoms with Crippen LogP contribution < -0.4 is 5.14 Å². The van der Waals surface area contributed by atoms with Crippen LogP contribution in [-0.2, 0) is 10.0 Å². The van der Waals surface area contributed by atoms with E-state index >= 15 is 0 Å². The third-order valence-electron chi connectivity index (χ3n) is 3.81. The fraction of sp³-hybridized carbons (Fsp3) is 0.500. The lowest BCUT2D eigenvalue weighted by molar-refractivity contribution is 0.0701. The second-order valence-electron chi connectivity index (χ2n) is 5.64. The Labute approximate surface area is 130 Å². The number of hydrogen-bond donors (Lipinski definition) is 1. The molecule has 0 spiro atoms. The molecule has 0 aromatic heterocycles. The minimum Gasteiger partial charge on any atom is -0.335 e. The van der Waals surface area contributed by atoms with Crippen LogP contribution in [-0.4, -0.2) is 31.8 Å². The zero-order chi connectivity index (χ0) is 15.8. The lowest BCUT2D eigenvalue weighted by Gasteiger charge is -2.28. The van der Waals surface area contributed by atoms with Crippen LogP contribution in [0.25, 0.3) is 0 Å². The van der Waals surface area contributed by atoms with Crippen LogP contribution in [0.2, 0.25) is 5.02 Å². The van der Waals surface area contributed by atoms with Gasteiger partial charge in [-0.1, -0.05) is 25.4 Å². The summed E-state index contributed by atoms with van der Waals surface area (Å²) in [6.45, 7) is 4.84. The number of halogens is 1. The summed E-state index contributed by atoms with van der Waals surface area (Å²) in [5.74, 6) is 0.189. The molecular weight excluding hydrogens is 312 g/mol. The molecule has 0 saturated carbocycles. The van der Waals surface area contributed by atoms with Crippen molar-refractivity contribution in [3.63, 3.8) is 0 Å². The summed E-state index contributed by atoms with van der Waals surface area (Å²) < 4.78 is 23.0. The van der Waals surface area contributed by atoms with Crippen molar-refractivity contribution in [2.24, 2.45) is 11.1 Å². The predicted octanol–water partition coefficient (Wildman–Crippen LogP) is 2.25. The zero-order valence-electron chi connectivity index (χ0n) is 12.0. The minimum atomic E-state index is -3.95. The second-order valence-corrected chi connectivity index (χ2v) is 7.58. The van der Waals surface area contributed by atoms with Crippen molar-refractivity contribution >= 4 is 27.5 Å². The molecule has 1 amide bonds. The summed E-state index contributed by atoms with van der Waals surface area (Å²) in [6.07, 6.45) is 1.93. The Balaban J connectivity index is 2.36. The molecule has 116 valence electrons. The number of sulfonamides is 1. The van der Waals surface area contributed by atoms with Gasteiger partial charge in [0.05, 0.1) is 5.02 Å². The van der Waals surface area contributed by atoms with Gasteiger partial charge in [-0.25, -0.2) is 13.6 Å². The van der Waals surface area contributed by atoms with Crippen molar-refractivity contribution in [2.45, 2.75) is 37.6 Å². The number of carbonyl (C=O) groups excluding carboxylic acids is 1. The number of primary sulfonamides is 1. The van der Waals surface area contributed by atoms with E-state index in [1.807, 2.05) is 0 Å². The van der Waals surface area contributed by atoms with Gasteiger partial charge in [-0.3, -0.25) is 4.79 Å². The average molecular weight is 331 g/mol. The summed E-state index contributed by atoms with van der Waals surface area (Å²) >= 11 is 5.84. The SMILES string of the molecule is CC(C)C1CCCN1C(=O)c1ccc(Cl)c(S(N)(=O)=O)c1. The number of nitrogens with two attached hydrogens (primary N) is 1. The van der Waals surface area contributed by atoms with Gasteiger partial charge in [0.25, 0.3) is 5.91 Å². The largest absolute Gasteiger partial charge is 0.335 e. The molecule has 1 saturated heterocycles. The predicted molar refractivity (Wildman–Crippen MR) is 81.7 cm³/mol. The quantitative estimate of drug-likeness (QED) is 0.923. The summed E-state index contributed by atoms with van der Waals surface area (Å²) in [5.41, 5.74) is 0.302. The Bertz CT molecular complexity index is 658. The fourth-order valence-electron chi connectivity index (χ4n) is 2.76. The van der Waals surface area contributed by atoms with E-state index in [0.717, 1.165) is 12.8 Å². The molecule has 2 N–H and O–H groups in total. The Morgan fingerprint density at radius 3 is 2.67 bits per heavy atom. The van der Waals surface area contributed by atoms with Crippen LogP contribution in [0.1, 0.15) is 37.0 Å². The van der Waals surface area contributed by atoms with E-state index in [9.17, 15) is 13.2 Å². The van der Waals surface area contributed by atoms with Gasteiger partial charge in [-0.15, -0.1) is 0 Å². The van der Waals surface area contributed by atoms with Crippen molar-refractivity contribution in [3.05, 3.63) is 28.8 Å². The molecule has 21 heavy (non-hydrogen) atoms. The third-order valence-corrected chi connectivity index (χ3v) is 5.21. The molecule has 1 aromatic carbocycles. The molecule has 0 bridgehead atoms. The summed E-state index contributed by atoms with van der Waals surface area (Å²) in [7, 11) is -3.95. The normalized spacial score (nSPS) is 19.3. The van der Waals surface area contributed by atoms with Gasteiger partial charge in [0.1, 0.15) is 4.90 Å². The first-order chi connectivity index (χ1) is 9.71. The first kappa shape index (κ1) is 16.3. The molecule has 1 aliphatic heterocycles. The van der Waals surface area contributed by atoms with Gasteiger partial charge in [0.15, 0.2) is 0 Å². The Kier molecular flexibility index (Phi) is 4.60. The second kappa shape index (κ2) is 5.94. The highest BCUT2D eigenvalue weighted by molar-refractivity contribution is 7.89. The molecule has 1 atom stereocenters. The Hall–Kier alpha value is -1.11. The standard InChI is InChI=1S/C14H19ClN2O3S/c1-9(2)12-4-3-7-17(12)14(18)10-5-6-11(15)13(8-10)21(16,19)20/h5-6,8-9,12H,3-4,7H2,1-2H3,(H2,16,19,20). The molecule has 1 aliphatic rings. The minimum absolute atomic E-state index is 0.0240. The topological polar surface area (TPSA) is 80.5 Å². The smallest absolute Gasteiger partial charge is 0.254 e. The number of hydrogen-bond acceptors (Lipinski definition) is 3. The van der Waals surface area contributed by atoms with Crippen molar-refractivity contribution in [3.8, 4) is 0 Å². The highest BCUT2D eigenvalue weighted by Gasteiger charge is 2.31. The molecule has 1 unspecified atom stereocenters. The molecule has 0 radical (unpaired) electrons. The number of amides is 1. The first-order valence-corrected chi connectivity index (χ1v) is 8.77. The Morgan fingerprint density at radius 2 is 2.10 bits per heavy atom. The van der Waals surface area contributed by atoms with Crippen LogP contribution in [0, 0.1) is 5.92 Å². The first-order valence-electron chi connectivity index (χ1n) is 6.85. The van der Waals surface area contributed by atoms with Crippen LogP contribution in [0.5, 0.6) is 0 Å². The molecular formula is C14H19ClN2O3S. The number of benzene rings is 1. The van der Waals surface area contributed by atoms with Crippen LogP contribution >= 0.6 is 11.6 Å². The average Bonchev–Trinajstić information content (AvgIpc) is 2.86. The van der Waals surface area contributed by atoms with E-state index in [4.69, 9.17) is 16.7 Å². The van der Waals surface area contributed by atoms with Crippen molar-refractivity contribution in [1.82, 2.24) is 4.90 Å². The molecule has 5 nitrogen and oxygen atoms in total. The highest BCUT2D eigenvalue weighted by Crippen LogP contribution is 2.27. The van der Waals surface area contributed by atoms with E-state index in [2.05, 4.69) is 13.8 Å². The van der Waals surface area contributed by atoms with Crippen molar-refractivity contribution in [2.75, 3.05) is 6.54 Å². The molecule has 0 aliphatic carbocycles. The van der Waals surface area contributed by atoms with Gasteiger partial charge in [0, 0.05) is 18.2 Å². The summed E-state index contributed by atoms with van der Waals surface area (Å²) in [6, 6.07) is 4.38. The van der Waals surface area contributed by atoms with Crippen molar-refractivity contribution < 1.29 is 13.2 Å². The molecule has 2 rings (SSSR count). The lowest BCUT2D eigenvalue weighted by atomic mass is 10.0. The maximum absolute atomic E-state index is 12.6. The number of rotatable bonds is 3. The van der Waals surface area contributed by atoms with E-state index in [-0.39, 0.29) is 21.9 Å². The van der Waals surface area contributed by atoms with E-state index < -0.39 is 10.0 Å². The van der Waals surface area contributed by atoms with Gasteiger partial charge >= 0.3 is 0 Å². The third kappa shape index (κ3) is 3.39. The maximum Gasteiger partial charge on any atom is 0.254 e. The Morgan fingerprint density at radius 1 is 1.43 bits per heavy atom. The fourth-order valence-corrected chi connectivity index (χ4v) is 3.83. The molecule has 1 fully saturated rings. The lowest BCUT2D eigenvalue weighted by Crippen LogP contribution is -2.38. The van der Waals surface area contributed by atoms with Gasteiger partial charge in [-0.05, 0) is 37.0 Å². The summed E-state index contributed by atoms with van der Waals surface area (Å²) in [5, 5.41) is 5.14. The number of likely N-dealkylation sites (tertiary alicyclic amines) is 1. The van der Waals surface area contributed by atoms with Crippen LogP contribution in [0.3, 0.4) is 0 Å². The molecule has 7 heteroatoms. The monoisotopic (exact) mass is 330 g/mol. The van der Waals surface area contributed by atoms with E-state index in [1.54, 1.807) is 4.90 Å². The van der Waals surface area contributed by atoms with E-state index in [1.165, 1.54) is 18.2 Å². The van der Waals surface area contributed by atoms with Crippen molar-refractivity contribution in [1.29, 1.82) is 0 Å². The summed E-state index contributed by atoms with van der Waals surface area (Å²) in [4.78, 5) is 14.2. The van der Waals surface area contributed by atoms with Gasteiger partial charge in [0.2, 0.25) is 10.0 Å². The van der Waals surface area contributed by atoms with E-state index in [0.29, 0.717) is 18.0 Å². The number of nitrogens with zero attached hydrogens (tertiary/aromatic N) is 1. The number of carbonyl (C=O) groups is 1. The molecule has 1 aromatic rings.